The summed E-state index contributed by atoms with van der Waals surface area (Å²) < 4.78 is 38.8. The molecule has 0 spiro atoms. The molecule has 29 heavy (non-hydrogen) atoms. The highest BCUT2D eigenvalue weighted by atomic mass is 32.2. The molecule has 0 bridgehead atoms. The van der Waals surface area contributed by atoms with Gasteiger partial charge in [-0.25, -0.2) is 8.42 Å². The van der Waals surface area contributed by atoms with Crippen molar-refractivity contribution in [3.63, 3.8) is 0 Å². The van der Waals surface area contributed by atoms with Crippen LogP contribution in [0.15, 0.2) is 23.1 Å². The number of nitrogens with zero attached hydrogens (tertiary/aromatic N) is 1. The molecule has 2 N–H and O–H groups in total. The van der Waals surface area contributed by atoms with Gasteiger partial charge < -0.3 is 19.7 Å². The zero-order chi connectivity index (χ0) is 21.0. The van der Waals surface area contributed by atoms with Crippen molar-refractivity contribution < 1.29 is 27.6 Å². The number of piperazine rings is 1. The zero-order valence-electron chi connectivity index (χ0n) is 17.4. The number of carbonyl (C=O) groups excluding carboxylic acids is 1. The monoisotopic (exact) mass is 426 g/mol. The van der Waals surface area contributed by atoms with Gasteiger partial charge in [-0.3, -0.25) is 4.79 Å². The summed E-state index contributed by atoms with van der Waals surface area (Å²) in [6.45, 7) is 9.57. The smallest absolute Gasteiger partial charge is 0.275 e. The van der Waals surface area contributed by atoms with Crippen LogP contribution in [-0.4, -0.2) is 70.6 Å². The molecule has 1 amide bonds. The molecule has 8 nitrogen and oxygen atoms in total. The van der Waals surface area contributed by atoms with Crippen molar-refractivity contribution >= 4 is 15.9 Å². The Morgan fingerprint density at radius 2 is 1.79 bits per heavy atom. The summed E-state index contributed by atoms with van der Waals surface area (Å²) in [4.78, 5) is 13.5. The van der Waals surface area contributed by atoms with E-state index in [1.54, 1.807) is 18.2 Å². The lowest BCUT2D eigenvalue weighted by molar-refractivity contribution is -0.895. The number of nitrogens with one attached hydrogen (secondary N) is 2. The van der Waals surface area contributed by atoms with Crippen LogP contribution in [0.25, 0.3) is 0 Å². The van der Waals surface area contributed by atoms with Crippen LogP contribution in [-0.2, 0) is 14.8 Å². The van der Waals surface area contributed by atoms with E-state index in [0.717, 1.165) is 11.3 Å². The van der Waals surface area contributed by atoms with Crippen molar-refractivity contribution in [3.05, 3.63) is 18.2 Å². The van der Waals surface area contributed by atoms with Crippen LogP contribution < -0.4 is 19.7 Å². The first-order valence-electron chi connectivity index (χ1n) is 10.3. The Morgan fingerprint density at radius 1 is 1.14 bits per heavy atom. The number of ether oxygens (including phenoxy) is 2. The van der Waals surface area contributed by atoms with Crippen LogP contribution in [0.5, 0.6) is 11.5 Å². The average Bonchev–Trinajstić information content (AvgIpc) is 2.93. The summed E-state index contributed by atoms with van der Waals surface area (Å²) >= 11 is 0. The number of carbonyl (C=O) groups is 1. The second-order valence-electron chi connectivity index (χ2n) is 8.09. The van der Waals surface area contributed by atoms with Gasteiger partial charge in [0.05, 0.1) is 44.3 Å². The van der Waals surface area contributed by atoms with Crippen molar-refractivity contribution in [3.8, 4) is 11.5 Å². The second kappa shape index (κ2) is 9.32. The fraction of sp³-hybridized carbons (Fsp3) is 0.650. The van der Waals surface area contributed by atoms with Crippen molar-refractivity contribution in [2.75, 3.05) is 45.9 Å². The molecular formula is C20H32N3O5S+. The molecule has 0 unspecified atom stereocenters. The second-order valence-corrected chi connectivity index (χ2v) is 10.0. The maximum atomic E-state index is 13.0. The van der Waals surface area contributed by atoms with Crippen LogP contribution in [0.2, 0.25) is 0 Å². The minimum Gasteiger partial charge on any atom is -0.490 e. The van der Waals surface area contributed by atoms with Gasteiger partial charge in [0.25, 0.3) is 5.91 Å². The Hall–Kier alpha value is -1.84. The summed E-state index contributed by atoms with van der Waals surface area (Å²) in [6.07, 6.45) is 0.769. The lowest BCUT2D eigenvalue weighted by Gasteiger charge is -2.31. The van der Waals surface area contributed by atoms with Gasteiger partial charge in [0.15, 0.2) is 18.0 Å². The third-order valence-electron chi connectivity index (χ3n) is 5.59. The molecule has 1 aromatic rings. The van der Waals surface area contributed by atoms with Gasteiger partial charge in [-0.2, -0.15) is 4.31 Å². The number of rotatable bonds is 6. The number of quaternary nitrogens is 1. The van der Waals surface area contributed by atoms with Crippen LogP contribution in [0.1, 0.15) is 27.2 Å². The first-order chi connectivity index (χ1) is 13.8. The van der Waals surface area contributed by atoms with Gasteiger partial charge in [0, 0.05) is 18.5 Å². The van der Waals surface area contributed by atoms with Crippen molar-refractivity contribution in [1.29, 1.82) is 0 Å². The first kappa shape index (κ1) is 21.9. The van der Waals surface area contributed by atoms with Gasteiger partial charge in [-0.15, -0.1) is 0 Å². The molecule has 1 aromatic carbocycles. The van der Waals surface area contributed by atoms with Crippen LogP contribution >= 0.6 is 0 Å². The molecule has 162 valence electrons. The van der Waals surface area contributed by atoms with E-state index in [2.05, 4.69) is 19.2 Å². The molecule has 0 saturated carbocycles. The highest BCUT2D eigenvalue weighted by Crippen LogP contribution is 2.32. The van der Waals surface area contributed by atoms with Gasteiger partial charge in [-0.1, -0.05) is 13.8 Å². The fourth-order valence-corrected chi connectivity index (χ4v) is 4.83. The SMILES string of the molecule is CC(C)[C@@H](C)NC(=O)C[NH+]1CCN(S(=O)(=O)c2ccc3c(c2)OCCCO3)CC1. The first-order valence-corrected chi connectivity index (χ1v) is 11.7. The van der Waals surface area contributed by atoms with Crippen molar-refractivity contribution in [2.45, 2.75) is 38.1 Å². The minimum absolute atomic E-state index is 0.0143. The molecule has 1 fully saturated rings. The predicted octanol–water partition coefficient (Wildman–Crippen LogP) is -0.102. The Kier molecular flexibility index (Phi) is 7.02. The molecule has 3 rings (SSSR count). The van der Waals surface area contributed by atoms with Crippen molar-refractivity contribution in [1.82, 2.24) is 9.62 Å². The largest absolute Gasteiger partial charge is 0.490 e. The van der Waals surface area contributed by atoms with Crippen LogP contribution in [0.3, 0.4) is 0 Å². The lowest BCUT2D eigenvalue weighted by Crippen LogP contribution is -3.15. The topological polar surface area (TPSA) is 89.4 Å². The third kappa shape index (κ3) is 5.40. The van der Waals surface area contributed by atoms with Gasteiger partial charge >= 0.3 is 0 Å². The molecule has 1 atom stereocenters. The minimum atomic E-state index is -3.61. The third-order valence-corrected chi connectivity index (χ3v) is 7.48. The van der Waals surface area contributed by atoms with E-state index in [4.69, 9.17) is 9.47 Å². The van der Waals surface area contributed by atoms with Gasteiger partial charge in [0.1, 0.15) is 0 Å². The molecule has 2 heterocycles. The Bertz CT molecular complexity index is 819. The fourth-order valence-electron chi connectivity index (χ4n) is 3.37. The number of hydrogen-bond acceptors (Lipinski definition) is 5. The van der Waals surface area contributed by atoms with Crippen LogP contribution in [0.4, 0.5) is 0 Å². The number of amides is 1. The molecule has 1 saturated heterocycles. The summed E-state index contributed by atoms with van der Waals surface area (Å²) in [5.41, 5.74) is 0. The molecule has 0 aliphatic carbocycles. The van der Waals surface area contributed by atoms with E-state index in [-0.39, 0.29) is 16.8 Å². The standard InChI is InChI=1S/C20H31N3O5S/c1-15(2)16(3)21-20(24)14-22-7-9-23(10-8-22)29(25,26)17-5-6-18-19(13-17)28-12-4-11-27-18/h5-6,13,15-16H,4,7-12,14H2,1-3H3,(H,21,24)/p+1/t16-/m1/s1. The number of benzene rings is 1. The van der Waals surface area contributed by atoms with E-state index in [1.165, 1.54) is 4.31 Å². The highest BCUT2D eigenvalue weighted by Gasteiger charge is 2.32. The number of hydrogen-bond donors (Lipinski definition) is 2. The average molecular weight is 427 g/mol. The molecule has 9 heteroatoms. The zero-order valence-corrected chi connectivity index (χ0v) is 18.3. The lowest BCUT2D eigenvalue weighted by atomic mass is 10.1. The van der Waals surface area contributed by atoms with Crippen LogP contribution in [0, 0.1) is 5.92 Å². The Balaban J connectivity index is 1.58. The highest BCUT2D eigenvalue weighted by molar-refractivity contribution is 7.89. The van der Waals surface area contributed by atoms with E-state index < -0.39 is 10.0 Å². The Morgan fingerprint density at radius 3 is 2.45 bits per heavy atom. The van der Waals surface area contributed by atoms with Crippen molar-refractivity contribution in [2.24, 2.45) is 5.92 Å². The van der Waals surface area contributed by atoms with E-state index in [9.17, 15) is 13.2 Å². The number of fused-ring (bicyclic) bond motifs is 1. The maximum absolute atomic E-state index is 13.0. The van der Waals surface area contributed by atoms with Gasteiger partial charge in [0.2, 0.25) is 10.0 Å². The molecular weight excluding hydrogens is 394 g/mol. The number of sulfonamides is 1. The summed E-state index contributed by atoms with van der Waals surface area (Å²) in [5.74, 6) is 1.45. The summed E-state index contributed by atoms with van der Waals surface area (Å²) in [6, 6.07) is 4.91. The molecule has 2 aliphatic heterocycles. The summed E-state index contributed by atoms with van der Waals surface area (Å²) in [7, 11) is -3.61. The van der Waals surface area contributed by atoms with E-state index >= 15 is 0 Å². The predicted molar refractivity (Wildman–Crippen MR) is 109 cm³/mol. The normalized spacial score (nSPS) is 19.6. The Labute approximate surface area is 173 Å². The maximum Gasteiger partial charge on any atom is 0.275 e. The molecule has 0 aromatic heterocycles. The molecule has 0 radical (unpaired) electrons. The van der Waals surface area contributed by atoms with E-state index in [0.29, 0.717) is 63.4 Å². The van der Waals surface area contributed by atoms with Gasteiger partial charge in [-0.05, 0) is 25.0 Å². The summed E-state index contributed by atoms with van der Waals surface area (Å²) in [5, 5.41) is 3.01. The van der Waals surface area contributed by atoms with E-state index in [1.807, 2.05) is 6.92 Å². The quantitative estimate of drug-likeness (QED) is 0.663. The molecule has 2 aliphatic rings.